The van der Waals surface area contributed by atoms with Gasteiger partial charge in [0.25, 0.3) is 0 Å². The third-order valence-electron chi connectivity index (χ3n) is 3.08. The van der Waals surface area contributed by atoms with Crippen LogP contribution in [0.2, 0.25) is 0 Å². The minimum absolute atomic E-state index is 0.358. The summed E-state index contributed by atoms with van der Waals surface area (Å²) in [6.45, 7) is 4.65. The van der Waals surface area contributed by atoms with Crippen molar-refractivity contribution < 1.29 is 9.84 Å². The molecular weight excluding hydrogens is 166 g/mol. The zero-order valence-electron chi connectivity index (χ0n) is 8.11. The summed E-state index contributed by atoms with van der Waals surface area (Å²) in [5.74, 6) is 0.546. The van der Waals surface area contributed by atoms with Crippen LogP contribution in [-0.4, -0.2) is 49.0 Å². The monoisotopic (exact) mass is 185 g/mol. The first-order valence-corrected chi connectivity index (χ1v) is 5.33. The fourth-order valence-corrected chi connectivity index (χ4v) is 2.17. The molecule has 0 aromatic heterocycles. The second kappa shape index (κ2) is 4.40. The lowest BCUT2D eigenvalue weighted by Gasteiger charge is -2.38. The first kappa shape index (κ1) is 9.44. The normalized spacial score (nSPS) is 30.7. The summed E-state index contributed by atoms with van der Waals surface area (Å²) in [4.78, 5) is 2.41. The highest BCUT2D eigenvalue weighted by molar-refractivity contribution is 4.80. The minimum atomic E-state index is 0.358. The van der Waals surface area contributed by atoms with Gasteiger partial charge in [0, 0.05) is 38.8 Å². The van der Waals surface area contributed by atoms with E-state index in [1.54, 1.807) is 0 Å². The molecule has 3 heteroatoms. The van der Waals surface area contributed by atoms with Crippen LogP contribution in [0, 0.1) is 5.92 Å². The van der Waals surface area contributed by atoms with Gasteiger partial charge in [-0.05, 0) is 19.3 Å². The molecule has 2 fully saturated rings. The van der Waals surface area contributed by atoms with E-state index in [4.69, 9.17) is 9.84 Å². The van der Waals surface area contributed by atoms with Crippen molar-refractivity contribution in [1.82, 2.24) is 4.90 Å². The second-order valence-electron chi connectivity index (χ2n) is 4.23. The third kappa shape index (κ3) is 2.42. The van der Waals surface area contributed by atoms with Gasteiger partial charge in [-0.2, -0.15) is 0 Å². The molecule has 3 nitrogen and oxygen atoms in total. The zero-order valence-corrected chi connectivity index (χ0v) is 8.11. The number of nitrogens with zero attached hydrogens (tertiary/aromatic N) is 1. The van der Waals surface area contributed by atoms with Gasteiger partial charge in [0.15, 0.2) is 0 Å². The number of aliphatic hydroxyl groups is 1. The van der Waals surface area contributed by atoms with Gasteiger partial charge in [0.1, 0.15) is 0 Å². The summed E-state index contributed by atoms with van der Waals surface area (Å²) in [5.41, 5.74) is 0. The van der Waals surface area contributed by atoms with Crippen molar-refractivity contribution in [3.05, 3.63) is 0 Å². The van der Waals surface area contributed by atoms with Gasteiger partial charge >= 0.3 is 0 Å². The van der Waals surface area contributed by atoms with Gasteiger partial charge in [0.2, 0.25) is 0 Å². The topological polar surface area (TPSA) is 32.7 Å². The van der Waals surface area contributed by atoms with Crippen LogP contribution in [0.5, 0.6) is 0 Å². The van der Waals surface area contributed by atoms with E-state index in [-0.39, 0.29) is 0 Å². The molecule has 0 amide bonds. The maximum Gasteiger partial charge on any atom is 0.0588 e. The molecule has 13 heavy (non-hydrogen) atoms. The van der Waals surface area contributed by atoms with Crippen LogP contribution in [-0.2, 0) is 4.74 Å². The average Bonchev–Trinajstić information content (AvgIpc) is 2.54. The van der Waals surface area contributed by atoms with Gasteiger partial charge in [-0.15, -0.1) is 0 Å². The third-order valence-corrected chi connectivity index (χ3v) is 3.08. The second-order valence-corrected chi connectivity index (χ2v) is 4.23. The first-order valence-electron chi connectivity index (χ1n) is 5.33. The van der Waals surface area contributed by atoms with E-state index in [1.165, 1.54) is 19.3 Å². The molecule has 2 heterocycles. The summed E-state index contributed by atoms with van der Waals surface area (Å²) in [5, 5.41) is 8.83. The number of hydrogen-bond acceptors (Lipinski definition) is 3. The van der Waals surface area contributed by atoms with Crippen molar-refractivity contribution in [2.75, 3.05) is 32.8 Å². The Balaban J connectivity index is 1.54. The molecule has 0 bridgehead atoms. The van der Waals surface area contributed by atoms with Crippen LogP contribution < -0.4 is 0 Å². The molecule has 1 N–H and O–H groups in total. The standard InChI is InChI=1S/C10H19NO2/c12-8-9-6-11(7-9)4-3-10-2-1-5-13-10/h9-10,12H,1-8H2. The molecule has 0 spiro atoms. The molecule has 76 valence electrons. The summed E-state index contributed by atoms with van der Waals surface area (Å²) < 4.78 is 5.55. The number of aliphatic hydroxyl groups excluding tert-OH is 1. The molecule has 0 radical (unpaired) electrons. The molecule has 2 aliphatic heterocycles. The number of rotatable bonds is 4. The van der Waals surface area contributed by atoms with Crippen molar-refractivity contribution in [2.45, 2.75) is 25.4 Å². The van der Waals surface area contributed by atoms with Crippen molar-refractivity contribution in [2.24, 2.45) is 5.92 Å². The van der Waals surface area contributed by atoms with Crippen LogP contribution in [0.4, 0.5) is 0 Å². The molecule has 2 saturated heterocycles. The Kier molecular flexibility index (Phi) is 3.19. The Hall–Kier alpha value is -0.120. The predicted octanol–water partition coefficient (Wildman–Crippen LogP) is 0.480. The van der Waals surface area contributed by atoms with Crippen molar-refractivity contribution in [3.8, 4) is 0 Å². The molecule has 0 aromatic rings. The average molecular weight is 185 g/mol. The lowest BCUT2D eigenvalue weighted by atomic mass is 10.0. The molecule has 0 aliphatic carbocycles. The Morgan fingerprint density at radius 2 is 2.23 bits per heavy atom. The van der Waals surface area contributed by atoms with E-state index < -0.39 is 0 Å². The number of hydrogen-bond donors (Lipinski definition) is 1. The van der Waals surface area contributed by atoms with Crippen molar-refractivity contribution >= 4 is 0 Å². The van der Waals surface area contributed by atoms with E-state index in [2.05, 4.69) is 4.90 Å². The number of ether oxygens (including phenoxy) is 1. The Morgan fingerprint density at radius 1 is 1.38 bits per heavy atom. The van der Waals surface area contributed by atoms with Gasteiger partial charge in [0.05, 0.1) is 6.10 Å². The van der Waals surface area contributed by atoms with E-state index in [0.29, 0.717) is 18.6 Å². The van der Waals surface area contributed by atoms with Gasteiger partial charge in [-0.25, -0.2) is 0 Å². The largest absolute Gasteiger partial charge is 0.396 e. The first-order chi connectivity index (χ1) is 6.38. The maximum atomic E-state index is 8.83. The highest BCUT2D eigenvalue weighted by Gasteiger charge is 2.26. The smallest absolute Gasteiger partial charge is 0.0588 e. The summed E-state index contributed by atoms with van der Waals surface area (Å²) in [6, 6.07) is 0. The maximum absolute atomic E-state index is 8.83. The fourth-order valence-electron chi connectivity index (χ4n) is 2.17. The summed E-state index contributed by atoms with van der Waals surface area (Å²) >= 11 is 0. The van der Waals surface area contributed by atoms with Crippen LogP contribution in [0.3, 0.4) is 0 Å². The Bertz CT molecular complexity index is 151. The Labute approximate surface area is 79.7 Å². The van der Waals surface area contributed by atoms with Gasteiger partial charge in [-0.3, -0.25) is 0 Å². The van der Waals surface area contributed by atoms with E-state index in [1.807, 2.05) is 0 Å². The Morgan fingerprint density at radius 3 is 2.85 bits per heavy atom. The van der Waals surface area contributed by atoms with E-state index in [0.717, 1.165) is 26.2 Å². The lowest BCUT2D eigenvalue weighted by molar-refractivity contribution is 0.0335. The molecule has 0 aromatic carbocycles. The SMILES string of the molecule is OCC1CN(CCC2CCCO2)C1. The van der Waals surface area contributed by atoms with Crippen molar-refractivity contribution in [3.63, 3.8) is 0 Å². The van der Waals surface area contributed by atoms with Crippen LogP contribution >= 0.6 is 0 Å². The molecule has 2 rings (SSSR count). The van der Waals surface area contributed by atoms with Crippen LogP contribution in [0.25, 0.3) is 0 Å². The zero-order chi connectivity index (χ0) is 9.10. The van der Waals surface area contributed by atoms with E-state index >= 15 is 0 Å². The van der Waals surface area contributed by atoms with E-state index in [9.17, 15) is 0 Å². The minimum Gasteiger partial charge on any atom is -0.396 e. The fraction of sp³-hybridized carbons (Fsp3) is 1.00. The predicted molar refractivity (Wildman–Crippen MR) is 50.6 cm³/mol. The highest BCUT2D eigenvalue weighted by atomic mass is 16.5. The number of likely N-dealkylation sites (tertiary alicyclic amines) is 1. The quantitative estimate of drug-likeness (QED) is 0.691. The lowest BCUT2D eigenvalue weighted by Crippen LogP contribution is -2.48. The van der Waals surface area contributed by atoms with Crippen LogP contribution in [0.1, 0.15) is 19.3 Å². The summed E-state index contributed by atoms with van der Waals surface area (Å²) in [7, 11) is 0. The van der Waals surface area contributed by atoms with Gasteiger partial charge in [-0.1, -0.05) is 0 Å². The van der Waals surface area contributed by atoms with Crippen LogP contribution in [0.15, 0.2) is 0 Å². The molecule has 0 saturated carbocycles. The van der Waals surface area contributed by atoms with Crippen molar-refractivity contribution in [1.29, 1.82) is 0 Å². The molecule has 1 unspecified atom stereocenters. The molecular formula is C10H19NO2. The molecule has 1 atom stereocenters. The van der Waals surface area contributed by atoms with Gasteiger partial charge < -0.3 is 14.7 Å². The molecule has 2 aliphatic rings. The summed E-state index contributed by atoms with van der Waals surface area (Å²) in [6.07, 6.45) is 4.19. The highest BCUT2D eigenvalue weighted by Crippen LogP contribution is 2.19.